The minimum absolute atomic E-state index is 0.0866. The maximum atomic E-state index is 12.8. The van der Waals surface area contributed by atoms with Crippen molar-refractivity contribution in [2.75, 3.05) is 39.4 Å². The Morgan fingerprint density at radius 1 is 0.680 bits per heavy atom. The van der Waals surface area contributed by atoms with Gasteiger partial charge >= 0.3 is 11.9 Å². The van der Waals surface area contributed by atoms with Crippen LogP contribution in [0.3, 0.4) is 0 Å². The molecule has 260 valence electrons. The minimum Gasteiger partial charge on any atom is -0.374 e. The average molecular weight is 937 g/mol. The second-order valence-corrected chi connectivity index (χ2v) is 15.8. The quantitative estimate of drug-likeness (QED) is 0.0837. The Morgan fingerprint density at radius 3 is 1.50 bits per heavy atom. The molecule has 50 heavy (non-hydrogen) atoms. The number of thioether (sulfide) groups is 2. The summed E-state index contributed by atoms with van der Waals surface area (Å²) >= 11 is 7.82. The van der Waals surface area contributed by atoms with E-state index in [-0.39, 0.29) is 22.7 Å². The van der Waals surface area contributed by atoms with Crippen molar-refractivity contribution in [3.63, 3.8) is 0 Å². The Labute approximate surface area is 326 Å². The molecule has 14 heteroatoms. The van der Waals surface area contributed by atoms with Crippen molar-refractivity contribution in [1.29, 1.82) is 0 Å². The van der Waals surface area contributed by atoms with Gasteiger partial charge in [0.15, 0.2) is 0 Å². The average Bonchev–Trinajstić information content (AvgIpc) is 3.14. The highest BCUT2D eigenvalue weighted by Crippen LogP contribution is 2.42. The van der Waals surface area contributed by atoms with Crippen LogP contribution in [0.4, 0.5) is 0 Å². The number of hydrogen-bond donors (Lipinski definition) is 0. The lowest BCUT2D eigenvalue weighted by molar-refractivity contribution is -0.212. The van der Waals surface area contributed by atoms with E-state index in [1.807, 2.05) is 60.7 Å². The minimum atomic E-state index is -0.670. The molecule has 0 aliphatic carbocycles. The summed E-state index contributed by atoms with van der Waals surface area (Å²) in [6.45, 7) is 2.28. The lowest BCUT2D eigenvalue weighted by atomic mass is 10.1. The van der Waals surface area contributed by atoms with Crippen LogP contribution in [0.15, 0.2) is 120 Å². The van der Waals surface area contributed by atoms with Gasteiger partial charge in [-0.15, -0.1) is 10.1 Å². The molecular formula is C36H34I2N4O6S2. The highest BCUT2D eigenvalue weighted by Gasteiger charge is 2.34. The van der Waals surface area contributed by atoms with Crippen molar-refractivity contribution in [3.8, 4) is 0 Å². The third-order valence-electron chi connectivity index (χ3n) is 7.76. The van der Waals surface area contributed by atoms with Crippen LogP contribution in [0.25, 0.3) is 0 Å². The molecule has 0 bridgehead atoms. The fourth-order valence-electron chi connectivity index (χ4n) is 5.44. The SMILES string of the molecule is O=C(/C=C/C(=O)ON1CCO[C@H](C(Sc2ncccc2I)c2ccccc2)C1)ON1CCO[C@H](C(Sc2ncccc2I)c2ccccc2)C1. The molecule has 6 rings (SSSR count). The molecule has 2 aliphatic rings. The number of aromatic nitrogens is 2. The van der Waals surface area contributed by atoms with Gasteiger partial charge in [0.1, 0.15) is 10.1 Å². The number of hydroxylamine groups is 4. The molecule has 2 aliphatic heterocycles. The third kappa shape index (κ3) is 10.5. The molecule has 2 fully saturated rings. The van der Waals surface area contributed by atoms with E-state index < -0.39 is 11.9 Å². The van der Waals surface area contributed by atoms with Gasteiger partial charge in [0.05, 0.1) is 62.1 Å². The summed E-state index contributed by atoms with van der Waals surface area (Å²) in [5.41, 5.74) is 2.18. The van der Waals surface area contributed by atoms with Crippen LogP contribution in [0.2, 0.25) is 0 Å². The summed E-state index contributed by atoms with van der Waals surface area (Å²) in [5, 5.41) is 4.81. The predicted octanol–water partition coefficient (Wildman–Crippen LogP) is 6.93. The van der Waals surface area contributed by atoms with Gasteiger partial charge in [0, 0.05) is 31.7 Å². The molecule has 4 atom stereocenters. The molecule has 4 heterocycles. The first-order valence-corrected chi connectivity index (χ1v) is 19.8. The molecule has 2 unspecified atom stereocenters. The molecule has 2 saturated heterocycles. The zero-order valence-electron chi connectivity index (χ0n) is 26.8. The molecular weight excluding hydrogens is 902 g/mol. The van der Waals surface area contributed by atoms with Crippen molar-refractivity contribution < 1.29 is 28.7 Å². The molecule has 0 N–H and O–H groups in total. The molecule has 0 saturated carbocycles. The predicted molar refractivity (Wildman–Crippen MR) is 208 cm³/mol. The highest BCUT2D eigenvalue weighted by atomic mass is 127. The molecule has 0 radical (unpaired) electrons. The van der Waals surface area contributed by atoms with E-state index in [0.29, 0.717) is 39.4 Å². The second-order valence-electron chi connectivity index (χ2n) is 11.2. The first-order valence-electron chi connectivity index (χ1n) is 15.9. The molecule has 0 amide bonds. The van der Waals surface area contributed by atoms with Gasteiger partial charge in [-0.05, 0) is 80.6 Å². The summed E-state index contributed by atoms with van der Waals surface area (Å²) in [6, 6.07) is 28.1. The Morgan fingerprint density at radius 2 is 1.10 bits per heavy atom. The second kappa shape index (κ2) is 18.8. The number of rotatable bonds is 12. The lowest BCUT2D eigenvalue weighted by Gasteiger charge is -2.35. The third-order valence-corrected chi connectivity index (χ3v) is 13.0. The number of carbonyl (C=O) groups excluding carboxylic acids is 2. The van der Waals surface area contributed by atoms with Gasteiger partial charge in [0.2, 0.25) is 0 Å². The maximum Gasteiger partial charge on any atom is 0.349 e. The lowest BCUT2D eigenvalue weighted by Crippen LogP contribution is -2.45. The van der Waals surface area contributed by atoms with Crippen molar-refractivity contribution in [2.45, 2.75) is 32.8 Å². The summed E-state index contributed by atoms with van der Waals surface area (Å²) in [6.07, 6.45) is 5.20. The number of benzene rings is 2. The largest absolute Gasteiger partial charge is 0.374 e. The first kappa shape index (κ1) is 37.2. The molecule has 10 nitrogen and oxygen atoms in total. The van der Waals surface area contributed by atoms with E-state index in [1.165, 1.54) is 0 Å². The van der Waals surface area contributed by atoms with Crippen LogP contribution in [0.5, 0.6) is 0 Å². The first-order chi connectivity index (χ1) is 24.4. The number of hydrogen-bond acceptors (Lipinski definition) is 12. The van der Waals surface area contributed by atoms with Gasteiger partial charge < -0.3 is 19.1 Å². The van der Waals surface area contributed by atoms with Crippen LogP contribution in [-0.4, -0.2) is 83.6 Å². The van der Waals surface area contributed by atoms with Crippen molar-refractivity contribution in [3.05, 3.63) is 128 Å². The van der Waals surface area contributed by atoms with Crippen LogP contribution in [-0.2, 0) is 28.7 Å². The molecule has 2 aromatic heterocycles. The molecule has 0 spiro atoms. The monoisotopic (exact) mass is 936 g/mol. The van der Waals surface area contributed by atoms with Gasteiger partial charge in [-0.25, -0.2) is 19.6 Å². The number of morpholine rings is 2. The van der Waals surface area contributed by atoms with E-state index in [2.05, 4.69) is 79.4 Å². The van der Waals surface area contributed by atoms with Gasteiger partial charge in [-0.2, -0.15) is 0 Å². The maximum absolute atomic E-state index is 12.8. The Bertz CT molecular complexity index is 1630. The van der Waals surface area contributed by atoms with Crippen LogP contribution in [0, 0.1) is 7.14 Å². The van der Waals surface area contributed by atoms with Crippen molar-refractivity contribution >= 4 is 80.6 Å². The standard InChI is InChI=1S/C36H34I2N4O6S2/c37-27-13-7-17-39-35(27)49-33(25-9-3-1-4-10-25)29-23-41(19-21-45-29)47-31(43)15-16-32(44)48-42-20-22-46-30(24-42)34(26-11-5-2-6-12-26)50-36-28(38)14-8-18-40-36/h1-18,29-30,33-34H,19-24H2/b16-15+/t29-,30-,33?,34?/m0/s1. The van der Waals surface area contributed by atoms with Crippen LogP contribution >= 0.6 is 68.7 Å². The van der Waals surface area contributed by atoms with Crippen molar-refractivity contribution in [2.24, 2.45) is 0 Å². The Kier molecular flexibility index (Phi) is 14.0. The number of pyridine rings is 2. The highest BCUT2D eigenvalue weighted by molar-refractivity contribution is 14.1. The normalized spacial score (nSPS) is 19.9. The molecule has 4 aromatic rings. The van der Waals surface area contributed by atoms with Crippen molar-refractivity contribution in [1.82, 2.24) is 20.1 Å². The van der Waals surface area contributed by atoms with Gasteiger partial charge in [-0.1, -0.05) is 84.2 Å². The van der Waals surface area contributed by atoms with Crippen LogP contribution < -0.4 is 0 Å². The number of carbonyl (C=O) groups is 2. The number of nitrogens with zero attached hydrogens (tertiary/aromatic N) is 4. The smallest absolute Gasteiger partial charge is 0.349 e. The van der Waals surface area contributed by atoms with E-state index in [9.17, 15) is 9.59 Å². The van der Waals surface area contributed by atoms with Gasteiger partial charge in [0.25, 0.3) is 0 Å². The summed E-state index contributed by atoms with van der Waals surface area (Å²) in [7, 11) is 0. The van der Waals surface area contributed by atoms with Gasteiger partial charge in [-0.3, -0.25) is 0 Å². The number of ether oxygens (including phenoxy) is 2. The summed E-state index contributed by atoms with van der Waals surface area (Å²) in [5.74, 6) is -1.34. The fourth-order valence-corrected chi connectivity index (χ4v) is 9.21. The van der Waals surface area contributed by atoms with Crippen LogP contribution in [0.1, 0.15) is 21.6 Å². The van der Waals surface area contributed by atoms with E-state index in [1.54, 1.807) is 46.0 Å². The van der Waals surface area contributed by atoms with E-state index in [0.717, 1.165) is 40.5 Å². The zero-order chi connectivity index (χ0) is 34.7. The fraction of sp³-hybridized carbons (Fsp3) is 0.278. The zero-order valence-corrected chi connectivity index (χ0v) is 32.7. The summed E-state index contributed by atoms with van der Waals surface area (Å²) < 4.78 is 14.5. The Hall–Kier alpha value is -2.58. The summed E-state index contributed by atoms with van der Waals surface area (Å²) in [4.78, 5) is 46.1. The van der Waals surface area contributed by atoms with E-state index in [4.69, 9.17) is 19.1 Å². The Balaban J connectivity index is 1.04. The number of halogens is 2. The topological polar surface area (TPSA) is 103 Å². The molecule has 2 aromatic carbocycles. The van der Waals surface area contributed by atoms with E-state index >= 15 is 0 Å².